The molecule has 0 aliphatic carbocycles. The summed E-state index contributed by atoms with van der Waals surface area (Å²) in [7, 11) is 0. The number of thioether (sulfide) groups is 1. The molecule has 1 aliphatic rings. The summed E-state index contributed by atoms with van der Waals surface area (Å²) >= 11 is 7.95. The van der Waals surface area contributed by atoms with E-state index in [-0.39, 0.29) is 12.5 Å². The van der Waals surface area contributed by atoms with Crippen LogP contribution in [0.2, 0.25) is 5.02 Å². The molecule has 0 bridgehead atoms. The molecule has 1 amide bonds. The molecule has 3 aromatic rings. The van der Waals surface area contributed by atoms with E-state index < -0.39 is 0 Å². The van der Waals surface area contributed by atoms with Gasteiger partial charge in [-0.05, 0) is 36.1 Å². The number of carbonyl (C=O) groups is 1. The number of hydrogen-bond donors (Lipinski definition) is 1. The molecule has 1 N–H and O–H groups in total. The van der Waals surface area contributed by atoms with E-state index in [2.05, 4.69) is 10.3 Å². The summed E-state index contributed by atoms with van der Waals surface area (Å²) in [6.45, 7) is 1.56. The average Bonchev–Trinajstić information content (AvgIpc) is 3.04. The molecule has 0 unspecified atom stereocenters. The number of nitrogens with one attached hydrogen (secondary N) is 1. The Labute approximate surface area is 172 Å². The summed E-state index contributed by atoms with van der Waals surface area (Å²) < 4.78 is 13.1. The van der Waals surface area contributed by atoms with Crippen molar-refractivity contribution in [2.24, 2.45) is 0 Å². The molecule has 0 saturated heterocycles. The van der Waals surface area contributed by atoms with Gasteiger partial charge >= 0.3 is 0 Å². The van der Waals surface area contributed by atoms with Crippen LogP contribution in [-0.4, -0.2) is 34.9 Å². The first-order chi connectivity index (χ1) is 13.7. The molecule has 1 aliphatic heterocycles. The number of halogens is 1. The maximum atomic E-state index is 12.6. The van der Waals surface area contributed by atoms with E-state index in [1.807, 2.05) is 41.2 Å². The van der Waals surface area contributed by atoms with Crippen molar-refractivity contribution in [2.45, 2.75) is 18.8 Å². The summed E-state index contributed by atoms with van der Waals surface area (Å²) in [5.41, 5.74) is 2.73. The number of hydrogen-bond acceptors (Lipinski definition) is 5. The summed E-state index contributed by atoms with van der Waals surface area (Å²) in [4.78, 5) is 17.2. The highest BCUT2D eigenvalue weighted by Gasteiger charge is 2.17. The number of ether oxygens (including phenoxy) is 2. The van der Waals surface area contributed by atoms with Crippen LogP contribution < -0.4 is 14.8 Å². The number of carbonyl (C=O) groups excluding carboxylic acids is 1. The van der Waals surface area contributed by atoms with E-state index in [1.54, 1.807) is 17.8 Å². The normalized spacial score (nSPS) is 12.9. The van der Waals surface area contributed by atoms with Crippen molar-refractivity contribution < 1.29 is 14.3 Å². The first-order valence-corrected chi connectivity index (χ1v) is 10.7. The van der Waals surface area contributed by atoms with Crippen molar-refractivity contribution in [1.29, 1.82) is 0 Å². The van der Waals surface area contributed by atoms with Gasteiger partial charge < -0.3 is 19.4 Å². The molecular formula is C20H20ClN3O3S. The SMILES string of the molecule is CSCc1nc2ccccc2n1CC(=O)NCc1cc(Cl)c2c(c1)OCCO2. The fourth-order valence-corrected chi connectivity index (χ4v) is 3.97. The lowest BCUT2D eigenvalue weighted by Gasteiger charge is -2.20. The van der Waals surface area contributed by atoms with Gasteiger partial charge in [0.1, 0.15) is 25.6 Å². The van der Waals surface area contributed by atoms with Crippen LogP contribution in [-0.2, 0) is 23.6 Å². The van der Waals surface area contributed by atoms with Gasteiger partial charge in [-0.25, -0.2) is 4.98 Å². The van der Waals surface area contributed by atoms with E-state index in [0.717, 1.165) is 28.2 Å². The van der Waals surface area contributed by atoms with Gasteiger partial charge in [-0.2, -0.15) is 11.8 Å². The molecule has 8 heteroatoms. The molecule has 0 saturated carbocycles. The van der Waals surface area contributed by atoms with Gasteiger partial charge in [0, 0.05) is 6.54 Å². The Kier molecular flexibility index (Phi) is 5.64. The Morgan fingerprint density at radius 2 is 2.11 bits per heavy atom. The number of aromatic nitrogens is 2. The summed E-state index contributed by atoms with van der Waals surface area (Å²) in [6.07, 6.45) is 2.02. The van der Waals surface area contributed by atoms with E-state index in [4.69, 9.17) is 21.1 Å². The lowest BCUT2D eigenvalue weighted by molar-refractivity contribution is -0.121. The lowest BCUT2D eigenvalue weighted by Crippen LogP contribution is -2.28. The first-order valence-electron chi connectivity index (χ1n) is 8.93. The minimum atomic E-state index is -0.0866. The van der Waals surface area contributed by atoms with Crippen molar-refractivity contribution in [2.75, 3.05) is 19.5 Å². The number of imidazole rings is 1. The van der Waals surface area contributed by atoms with Gasteiger partial charge in [0.15, 0.2) is 11.5 Å². The van der Waals surface area contributed by atoms with Gasteiger partial charge in [0.2, 0.25) is 5.91 Å². The third kappa shape index (κ3) is 3.91. The molecule has 4 rings (SSSR count). The second-order valence-electron chi connectivity index (χ2n) is 6.41. The molecule has 28 heavy (non-hydrogen) atoms. The minimum absolute atomic E-state index is 0.0866. The Balaban J connectivity index is 1.47. The van der Waals surface area contributed by atoms with Gasteiger partial charge in [0.25, 0.3) is 0 Å². The third-order valence-corrected chi connectivity index (χ3v) is 5.28. The van der Waals surface area contributed by atoms with Crippen molar-refractivity contribution in [1.82, 2.24) is 14.9 Å². The molecule has 0 fully saturated rings. The highest BCUT2D eigenvalue weighted by molar-refractivity contribution is 7.97. The van der Waals surface area contributed by atoms with Crippen LogP contribution in [0, 0.1) is 0 Å². The third-order valence-electron chi connectivity index (χ3n) is 4.46. The standard InChI is InChI=1S/C20H20ClN3O3S/c1-28-12-18-23-15-4-2-3-5-16(15)24(18)11-19(25)22-10-13-8-14(21)20-17(9-13)26-6-7-27-20/h2-5,8-9H,6-7,10-12H2,1H3,(H,22,25). The monoisotopic (exact) mass is 417 g/mol. The Morgan fingerprint density at radius 3 is 2.96 bits per heavy atom. The molecule has 146 valence electrons. The predicted molar refractivity (Wildman–Crippen MR) is 111 cm³/mol. The number of amides is 1. The fourth-order valence-electron chi connectivity index (χ4n) is 3.21. The molecule has 2 heterocycles. The Hall–Kier alpha value is -2.38. The number of para-hydroxylation sites is 2. The molecule has 1 aromatic heterocycles. The Morgan fingerprint density at radius 1 is 1.29 bits per heavy atom. The maximum absolute atomic E-state index is 12.6. The fraction of sp³-hybridized carbons (Fsp3) is 0.300. The second kappa shape index (κ2) is 8.32. The largest absolute Gasteiger partial charge is 0.486 e. The predicted octanol–water partition coefficient (Wildman–Crippen LogP) is 3.64. The molecule has 0 spiro atoms. The second-order valence-corrected chi connectivity index (χ2v) is 7.69. The molecule has 2 aromatic carbocycles. The summed E-state index contributed by atoms with van der Waals surface area (Å²) in [5.74, 6) is 2.74. The van der Waals surface area contributed by atoms with Gasteiger partial charge in [-0.15, -0.1) is 0 Å². The van der Waals surface area contributed by atoms with Crippen LogP contribution in [0.25, 0.3) is 11.0 Å². The van der Waals surface area contributed by atoms with E-state index in [1.165, 1.54) is 0 Å². The van der Waals surface area contributed by atoms with Crippen LogP contribution in [0.5, 0.6) is 11.5 Å². The van der Waals surface area contributed by atoms with Crippen LogP contribution in [0.3, 0.4) is 0 Å². The number of benzene rings is 2. The van der Waals surface area contributed by atoms with Crippen LogP contribution in [0.15, 0.2) is 36.4 Å². The van der Waals surface area contributed by atoms with E-state index in [9.17, 15) is 4.79 Å². The smallest absolute Gasteiger partial charge is 0.240 e. The van der Waals surface area contributed by atoms with E-state index in [0.29, 0.717) is 36.3 Å². The zero-order chi connectivity index (χ0) is 19.5. The molecule has 0 radical (unpaired) electrons. The minimum Gasteiger partial charge on any atom is -0.486 e. The van der Waals surface area contributed by atoms with Gasteiger partial charge in [-0.3, -0.25) is 4.79 Å². The Bertz CT molecular complexity index is 1020. The van der Waals surface area contributed by atoms with Crippen LogP contribution in [0.4, 0.5) is 0 Å². The number of nitrogens with zero attached hydrogens (tertiary/aromatic N) is 2. The lowest BCUT2D eigenvalue weighted by atomic mass is 10.2. The van der Waals surface area contributed by atoms with Crippen molar-refractivity contribution >= 4 is 40.3 Å². The molecular weight excluding hydrogens is 398 g/mol. The van der Waals surface area contributed by atoms with Crippen molar-refractivity contribution in [3.63, 3.8) is 0 Å². The highest BCUT2D eigenvalue weighted by Crippen LogP contribution is 2.38. The molecule has 6 nitrogen and oxygen atoms in total. The van der Waals surface area contributed by atoms with Crippen molar-refractivity contribution in [3.05, 3.63) is 52.8 Å². The number of rotatable bonds is 6. The zero-order valence-corrected chi connectivity index (χ0v) is 17.0. The summed E-state index contributed by atoms with van der Waals surface area (Å²) in [5, 5.41) is 3.45. The molecule has 0 atom stereocenters. The average molecular weight is 418 g/mol. The van der Waals surface area contributed by atoms with Crippen molar-refractivity contribution in [3.8, 4) is 11.5 Å². The van der Waals surface area contributed by atoms with E-state index >= 15 is 0 Å². The highest BCUT2D eigenvalue weighted by atomic mass is 35.5. The van der Waals surface area contributed by atoms with Gasteiger partial charge in [0.05, 0.1) is 21.8 Å². The van der Waals surface area contributed by atoms with Crippen LogP contribution in [0.1, 0.15) is 11.4 Å². The topological polar surface area (TPSA) is 65.4 Å². The van der Waals surface area contributed by atoms with Crippen LogP contribution >= 0.6 is 23.4 Å². The quantitative estimate of drug-likeness (QED) is 0.663. The number of fused-ring (bicyclic) bond motifs is 2. The maximum Gasteiger partial charge on any atom is 0.240 e. The van der Waals surface area contributed by atoms with Gasteiger partial charge in [-0.1, -0.05) is 23.7 Å². The first kappa shape index (κ1) is 19.0. The summed E-state index contributed by atoms with van der Waals surface area (Å²) in [6, 6.07) is 11.5. The zero-order valence-electron chi connectivity index (χ0n) is 15.4.